The number of carbonyl (C=O) groups is 2. The molecule has 2 aromatic carbocycles. The molecule has 0 bridgehead atoms. The molecule has 6 heteroatoms. The van der Waals surface area contributed by atoms with Crippen molar-refractivity contribution in [2.75, 3.05) is 26.2 Å². The van der Waals surface area contributed by atoms with Crippen LogP contribution in [0.15, 0.2) is 48.5 Å². The summed E-state index contributed by atoms with van der Waals surface area (Å²) < 4.78 is 13.9. The zero-order valence-electron chi connectivity index (χ0n) is 15.0. The van der Waals surface area contributed by atoms with Crippen molar-refractivity contribution in [2.45, 2.75) is 19.4 Å². The van der Waals surface area contributed by atoms with E-state index < -0.39 is 0 Å². The molecule has 0 aliphatic carbocycles. The molecule has 0 aromatic heterocycles. The molecule has 0 unspecified atom stereocenters. The summed E-state index contributed by atoms with van der Waals surface area (Å²) in [5.41, 5.74) is 1.13. The summed E-state index contributed by atoms with van der Waals surface area (Å²) in [7, 11) is 0. The van der Waals surface area contributed by atoms with Crippen molar-refractivity contribution in [1.82, 2.24) is 9.80 Å². The van der Waals surface area contributed by atoms with Crippen molar-refractivity contribution in [3.63, 3.8) is 0 Å². The second-order valence-corrected chi connectivity index (χ2v) is 7.05. The number of Topliss-reactive ketones (excluding diaryl/α,β-unsaturated/α-hetero) is 1. The van der Waals surface area contributed by atoms with E-state index in [0.717, 1.165) is 0 Å². The van der Waals surface area contributed by atoms with Gasteiger partial charge in [0.2, 0.25) is 5.91 Å². The van der Waals surface area contributed by atoms with Crippen LogP contribution in [0.5, 0.6) is 0 Å². The third kappa shape index (κ3) is 5.15. The van der Waals surface area contributed by atoms with Crippen LogP contribution >= 0.6 is 11.6 Å². The van der Waals surface area contributed by atoms with E-state index in [-0.39, 0.29) is 30.3 Å². The van der Waals surface area contributed by atoms with Crippen LogP contribution in [0.4, 0.5) is 4.39 Å². The number of carbonyl (C=O) groups excluding carboxylic acids is 2. The molecule has 1 aliphatic rings. The zero-order valence-corrected chi connectivity index (χ0v) is 15.8. The lowest BCUT2D eigenvalue weighted by Crippen LogP contribution is -2.48. The van der Waals surface area contributed by atoms with E-state index in [4.69, 9.17) is 11.6 Å². The Balaban J connectivity index is 1.46. The molecule has 142 valence electrons. The first kappa shape index (κ1) is 19.5. The van der Waals surface area contributed by atoms with E-state index in [9.17, 15) is 14.0 Å². The Bertz CT molecular complexity index is 785. The molecule has 1 aliphatic heterocycles. The highest BCUT2D eigenvalue weighted by molar-refractivity contribution is 6.31. The van der Waals surface area contributed by atoms with E-state index in [1.54, 1.807) is 29.2 Å². The molecule has 0 N–H and O–H groups in total. The van der Waals surface area contributed by atoms with Crippen molar-refractivity contribution in [3.05, 3.63) is 70.5 Å². The Morgan fingerprint density at radius 3 is 2.30 bits per heavy atom. The van der Waals surface area contributed by atoms with E-state index in [1.165, 1.54) is 6.07 Å². The van der Waals surface area contributed by atoms with E-state index in [1.807, 2.05) is 18.2 Å². The Kier molecular flexibility index (Phi) is 6.58. The lowest BCUT2D eigenvalue weighted by atomic mass is 10.1. The monoisotopic (exact) mass is 388 g/mol. The third-order valence-corrected chi connectivity index (χ3v) is 5.18. The number of halogens is 2. The van der Waals surface area contributed by atoms with Gasteiger partial charge in [0.25, 0.3) is 0 Å². The van der Waals surface area contributed by atoms with Crippen LogP contribution in [0.2, 0.25) is 5.02 Å². The van der Waals surface area contributed by atoms with Crippen LogP contribution in [-0.4, -0.2) is 47.7 Å². The molecule has 0 saturated carbocycles. The minimum atomic E-state index is -0.305. The normalized spacial score (nSPS) is 15.0. The number of nitrogens with zero attached hydrogens (tertiary/aromatic N) is 2. The Hall–Kier alpha value is -2.24. The fourth-order valence-electron chi connectivity index (χ4n) is 3.21. The molecule has 1 fully saturated rings. The fourth-order valence-corrected chi connectivity index (χ4v) is 3.43. The summed E-state index contributed by atoms with van der Waals surface area (Å²) in [6.45, 7) is 2.89. The van der Waals surface area contributed by atoms with Crippen molar-refractivity contribution < 1.29 is 14.0 Å². The van der Waals surface area contributed by atoms with Gasteiger partial charge in [-0.3, -0.25) is 14.5 Å². The van der Waals surface area contributed by atoms with Crippen LogP contribution in [0.25, 0.3) is 0 Å². The van der Waals surface area contributed by atoms with Gasteiger partial charge in [-0.15, -0.1) is 0 Å². The number of ketones is 1. The maximum Gasteiger partial charge on any atom is 0.223 e. The number of hydrogen-bond acceptors (Lipinski definition) is 3. The fraction of sp³-hybridized carbons (Fsp3) is 0.333. The van der Waals surface area contributed by atoms with E-state index >= 15 is 0 Å². The van der Waals surface area contributed by atoms with Crippen LogP contribution in [0.1, 0.15) is 28.8 Å². The number of piperazine rings is 1. The van der Waals surface area contributed by atoms with Crippen molar-refractivity contribution in [3.8, 4) is 0 Å². The predicted molar refractivity (Wildman–Crippen MR) is 103 cm³/mol. The first-order chi connectivity index (χ1) is 13.0. The maximum atomic E-state index is 13.9. The Morgan fingerprint density at radius 2 is 1.63 bits per heavy atom. The number of benzene rings is 2. The lowest BCUT2D eigenvalue weighted by Gasteiger charge is -2.35. The molecule has 1 heterocycles. The molecular weight excluding hydrogens is 367 g/mol. The topological polar surface area (TPSA) is 40.6 Å². The third-order valence-electron chi connectivity index (χ3n) is 4.83. The van der Waals surface area contributed by atoms with Gasteiger partial charge in [-0.05, 0) is 12.1 Å². The van der Waals surface area contributed by atoms with Gasteiger partial charge in [-0.1, -0.05) is 48.0 Å². The number of rotatable bonds is 6. The first-order valence-electron chi connectivity index (χ1n) is 9.06. The molecule has 4 nitrogen and oxygen atoms in total. The number of hydrogen-bond donors (Lipinski definition) is 0. The smallest absolute Gasteiger partial charge is 0.223 e. The lowest BCUT2D eigenvalue weighted by molar-refractivity contribution is -0.133. The molecule has 1 amide bonds. The highest BCUT2D eigenvalue weighted by Gasteiger charge is 2.23. The van der Waals surface area contributed by atoms with Crippen molar-refractivity contribution in [2.24, 2.45) is 0 Å². The molecular formula is C21H22ClFN2O2. The Labute approximate surface area is 163 Å². The van der Waals surface area contributed by atoms with Gasteiger partial charge in [-0.2, -0.15) is 0 Å². The van der Waals surface area contributed by atoms with Gasteiger partial charge < -0.3 is 4.90 Å². The molecule has 0 atom stereocenters. The van der Waals surface area contributed by atoms with Gasteiger partial charge in [0, 0.05) is 61.7 Å². The van der Waals surface area contributed by atoms with Crippen molar-refractivity contribution in [1.29, 1.82) is 0 Å². The SMILES string of the molecule is O=C(CCC(=O)N1CCN(Cc2c(F)cccc2Cl)CC1)c1ccccc1. The van der Waals surface area contributed by atoms with Gasteiger partial charge >= 0.3 is 0 Å². The Morgan fingerprint density at radius 1 is 0.926 bits per heavy atom. The van der Waals surface area contributed by atoms with Gasteiger partial charge in [0.15, 0.2) is 5.78 Å². The van der Waals surface area contributed by atoms with E-state index in [0.29, 0.717) is 48.9 Å². The van der Waals surface area contributed by atoms with Crippen LogP contribution < -0.4 is 0 Å². The minimum Gasteiger partial charge on any atom is -0.340 e. The molecule has 1 saturated heterocycles. The summed E-state index contributed by atoms with van der Waals surface area (Å²) in [5, 5.41) is 0.424. The standard InChI is InChI=1S/C21H22ClFN2O2/c22-18-7-4-8-19(23)17(18)15-24-11-13-25(14-12-24)21(27)10-9-20(26)16-5-2-1-3-6-16/h1-8H,9-15H2. The first-order valence-corrected chi connectivity index (χ1v) is 9.43. The average Bonchev–Trinajstić information content (AvgIpc) is 2.70. The zero-order chi connectivity index (χ0) is 19.2. The molecule has 0 spiro atoms. The van der Waals surface area contributed by atoms with Crippen LogP contribution in [0, 0.1) is 5.82 Å². The second-order valence-electron chi connectivity index (χ2n) is 6.65. The number of amides is 1. The van der Waals surface area contributed by atoms with Crippen molar-refractivity contribution >= 4 is 23.3 Å². The quantitative estimate of drug-likeness (QED) is 0.707. The summed E-state index contributed by atoms with van der Waals surface area (Å²) in [6, 6.07) is 13.7. The van der Waals surface area contributed by atoms with Gasteiger partial charge in [0.1, 0.15) is 5.82 Å². The predicted octanol–water partition coefficient (Wildman–Crippen LogP) is 3.79. The summed E-state index contributed by atoms with van der Waals surface area (Å²) in [6.07, 6.45) is 0.431. The molecule has 2 aromatic rings. The van der Waals surface area contributed by atoms with Crippen LogP contribution in [-0.2, 0) is 11.3 Å². The highest BCUT2D eigenvalue weighted by Crippen LogP contribution is 2.21. The largest absolute Gasteiger partial charge is 0.340 e. The van der Waals surface area contributed by atoms with Crippen LogP contribution in [0.3, 0.4) is 0 Å². The highest BCUT2D eigenvalue weighted by atomic mass is 35.5. The average molecular weight is 389 g/mol. The summed E-state index contributed by atoms with van der Waals surface area (Å²) in [5.74, 6) is -0.333. The van der Waals surface area contributed by atoms with Gasteiger partial charge in [-0.25, -0.2) is 4.39 Å². The summed E-state index contributed by atoms with van der Waals surface area (Å²) in [4.78, 5) is 28.4. The maximum absolute atomic E-state index is 13.9. The molecule has 27 heavy (non-hydrogen) atoms. The second kappa shape index (κ2) is 9.11. The minimum absolute atomic E-state index is 0.0112. The van der Waals surface area contributed by atoms with E-state index in [2.05, 4.69) is 4.90 Å². The van der Waals surface area contributed by atoms with Gasteiger partial charge in [0.05, 0.1) is 0 Å². The summed E-state index contributed by atoms with van der Waals surface area (Å²) >= 11 is 6.09. The molecule has 0 radical (unpaired) electrons. The molecule has 3 rings (SSSR count).